The molecule has 4 aromatic heterocycles. The Morgan fingerprint density at radius 3 is 2.42 bits per heavy atom. The maximum atomic E-state index is 14.1. The van der Waals surface area contributed by atoms with Gasteiger partial charge in [-0.25, -0.2) is 14.1 Å². The van der Waals surface area contributed by atoms with Crippen molar-refractivity contribution in [1.29, 1.82) is 0 Å². The van der Waals surface area contributed by atoms with Crippen molar-refractivity contribution >= 4 is 34.2 Å². The minimum absolute atomic E-state index is 0.104. The average molecular weight is 538 g/mol. The summed E-state index contributed by atoms with van der Waals surface area (Å²) in [6, 6.07) is 18.7. The monoisotopic (exact) mass is 537 g/mol. The van der Waals surface area contributed by atoms with Crippen molar-refractivity contribution in [2.24, 2.45) is 0 Å². The normalized spacial score (nSPS) is 14.7. The topological polar surface area (TPSA) is 124 Å². The Morgan fingerprint density at radius 2 is 1.70 bits per heavy atom. The Kier molecular flexibility index (Phi) is 5.65. The van der Waals surface area contributed by atoms with Gasteiger partial charge in [0, 0.05) is 31.9 Å². The summed E-state index contributed by atoms with van der Waals surface area (Å²) in [5.41, 5.74) is 8.90. The number of hydrogen-bond acceptors (Lipinski definition) is 8. The molecular formula is C28H24FN9O2. The fourth-order valence-electron chi connectivity index (χ4n) is 5.16. The van der Waals surface area contributed by atoms with Crippen LogP contribution in [0.3, 0.4) is 0 Å². The van der Waals surface area contributed by atoms with Crippen LogP contribution in [-0.4, -0.2) is 66.3 Å². The maximum absolute atomic E-state index is 14.1. The first-order valence-electron chi connectivity index (χ1n) is 12.8. The van der Waals surface area contributed by atoms with Crippen LogP contribution in [0.1, 0.15) is 11.6 Å². The number of rotatable bonds is 5. The molecule has 0 spiro atoms. The van der Waals surface area contributed by atoms with Gasteiger partial charge in [0.05, 0.1) is 17.8 Å². The van der Waals surface area contributed by atoms with E-state index in [1.807, 2.05) is 35.2 Å². The number of amides is 1. The smallest absolute Gasteiger partial charge is 0.252 e. The van der Waals surface area contributed by atoms with Gasteiger partial charge in [-0.2, -0.15) is 14.6 Å². The SMILES string of the molecule is Nc1nc2c(cnn2C(C(=O)N2CCN(c3ccc(F)cc3)CC2)c2ccccc2)c2nc(-c3ccco3)nn12. The molecular weight excluding hydrogens is 513 g/mol. The van der Waals surface area contributed by atoms with Crippen LogP contribution in [0.15, 0.2) is 83.6 Å². The molecule has 1 aliphatic heterocycles. The van der Waals surface area contributed by atoms with Crippen LogP contribution in [0.4, 0.5) is 16.0 Å². The molecule has 7 rings (SSSR count). The summed E-state index contributed by atoms with van der Waals surface area (Å²) < 4.78 is 21.9. The summed E-state index contributed by atoms with van der Waals surface area (Å²) in [4.78, 5) is 27.3. The van der Waals surface area contributed by atoms with Crippen molar-refractivity contribution in [1.82, 2.24) is 34.3 Å². The van der Waals surface area contributed by atoms with Crippen LogP contribution >= 0.6 is 0 Å². The fourth-order valence-corrected chi connectivity index (χ4v) is 5.16. The van der Waals surface area contributed by atoms with Gasteiger partial charge in [0.25, 0.3) is 5.91 Å². The number of halogens is 1. The summed E-state index contributed by atoms with van der Waals surface area (Å²) in [5.74, 6) is 0.605. The molecule has 2 N–H and O–H groups in total. The third kappa shape index (κ3) is 4.01. The van der Waals surface area contributed by atoms with Crippen LogP contribution in [-0.2, 0) is 4.79 Å². The molecule has 40 heavy (non-hydrogen) atoms. The van der Waals surface area contributed by atoms with E-state index >= 15 is 0 Å². The van der Waals surface area contributed by atoms with E-state index < -0.39 is 6.04 Å². The van der Waals surface area contributed by atoms with E-state index in [9.17, 15) is 9.18 Å². The van der Waals surface area contributed by atoms with E-state index in [-0.39, 0.29) is 17.7 Å². The summed E-state index contributed by atoms with van der Waals surface area (Å²) in [6.45, 7) is 2.27. The van der Waals surface area contributed by atoms with Crippen LogP contribution in [0.25, 0.3) is 28.3 Å². The van der Waals surface area contributed by atoms with Crippen molar-refractivity contribution in [2.75, 3.05) is 36.8 Å². The van der Waals surface area contributed by atoms with Crippen LogP contribution < -0.4 is 10.6 Å². The highest BCUT2D eigenvalue weighted by Crippen LogP contribution is 2.29. The number of fused-ring (bicyclic) bond motifs is 3. The number of nitrogen functional groups attached to an aromatic ring is 1. The Labute approximate surface area is 227 Å². The zero-order chi connectivity index (χ0) is 27.2. The van der Waals surface area contributed by atoms with Gasteiger partial charge < -0.3 is 20.0 Å². The van der Waals surface area contributed by atoms with Gasteiger partial charge in [-0.05, 0) is 42.0 Å². The number of carbonyl (C=O) groups excluding carboxylic acids is 1. The van der Waals surface area contributed by atoms with Gasteiger partial charge in [-0.15, -0.1) is 5.10 Å². The minimum atomic E-state index is -0.766. The highest BCUT2D eigenvalue weighted by atomic mass is 19.1. The summed E-state index contributed by atoms with van der Waals surface area (Å²) in [6.07, 6.45) is 3.18. The molecule has 6 aromatic rings. The number of furan rings is 1. The van der Waals surface area contributed by atoms with Gasteiger partial charge >= 0.3 is 0 Å². The van der Waals surface area contributed by atoms with Crippen LogP contribution in [0.2, 0.25) is 0 Å². The Balaban J connectivity index is 1.25. The van der Waals surface area contributed by atoms with E-state index in [2.05, 4.69) is 25.1 Å². The molecule has 0 saturated carbocycles. The number of benzene rings is 2. The summed E-state index contributed by atoms with van der Waals surface area (Å²) >= 11 is 0. The highest BCUT2D eigenvalue weighted by Gasteiger charge is 2.32. The quantitative estimate of drug-likeness (QED) is 0.355. The number of nitrogens with zero attached hydrogens (tertiary/aromatic N) is 8. The lowest BCUT2D eigenvalue weighted by atomic mass is 10.0. The highest BCUT2D eigenvalue weighted by molar-refractivity contribution is 5.92. The number of aromatic nitrogens is 6. The molecule has 1 fully saturated rings. The molecule has 5 heterocycles. The molecule has 0 radical (unpaired) electrons. The second-order valence-corrected chi connectivity index (χ2v) is 9.55. The molecule has 1 amide bonds. The molecule has 0 bridgehead atoms. The third-order valence-electron chi connectivity index (χ3n) is 7.17. The van der Waals surface area contributed by atoms with E-state index in [4.69, 9.17) is 10.2 Å². The van der Waals surface area contributed by atoms with Gasteiger partial charge in [0.1, 0.15) is 5.82 Å². The molecule has 11 nitrogen and oxygen atoms in total. The first-order valence-corrected chi connectivity index (χ1v) is 12.8. The van der Waals surface area contributed by atoms with E-state index in [0.717, 1.165) is 11.3 Å². The maximum Gasteiger partial charge on any atom is 0.252 e. The van der Waals surface area contributed by atoms with Gasteiger partial charge in [-0.1, -0.05) is 30.3 Å². The van der Waals surface area contributed by atoms with Gasteiger partial charge in [0.2, 0.25) is 11.8 Å². The summed E-state index contributed by atoms with van der Waals surface area (Å²) in [7, 11) is 0. The third-order valence-corrected chi connectivity index (χ3v) is 7.17. The Morgan fingerprint density at radius 1 is 0.925 bits per heavy atom. The Bertz CT molecular complexity index is 1810. The largest absolute Gasteiger partial charge is 0.461 e. The van der Waals surface area contributed by atoms with Crippen molar-refractivity contribution in [2.45, 2.75) is 6.04 Å². The second kappa shape index (κ2) is 9.49. The number of anilines is 2. The molecule has 200 valence electrons. The lowest BCUT2D eigenvalue weighted by molar-refractivity contribution is -0.134. The number of nitrogens with two attached hydrogens (primary N) is 1. The van der Waals surface area contributed by atoms with Crippen molar-refractivity contribution < 1.29 is 13.6 Å². The van der Waals surface area contributed by atoms with Gasteiger partial charge in [-0.3, -0.25) is 4.79 Å². The predicted octanol–water partition coefficient (Wildman–Crippen LogP) is 3.39. The number of carbonyl (C=O) groups is 1. The molecule has 1 atom stereocenters. The first kappa shape index (κ1) is 23.8. The number of piperazine rings is 1. The fraction of sp³-hybridized carbons (Fsp3) is 0.179. The average Bonchev–Trinajstić information content (AvgIpc) is 3.75. The van der Waals surface area contributed by atoms with Gasteiger partial charge in [0.15, 0.2) is 23.1 Å². The standard InChI is InChI=1S/C28H24FN9O2/c29-19-8-10-20(11-9-19)35-12-14-36(15-13-35)27(39)23(18-5-2-1-3-6-18)37-26-21(17-31-37)25-32-24(22-7-4-16-40-22)34-38(25)28(30)33-26/h1-11,16-17,23H,12-15H2,(H2,30,33). The predicted molar refractivity (Wildman–Crippen MR) is 146 cm³/mol. The second-order valence-electron chi connectivity index (χ2n) is 9.55. The zero-order valence-electron chi connectivity index (χ0n) is 21.3. The summed E-state index contributed by atoms with van der Waals surface area (Å²) in [5, 5.41) is 9.68. The molecule has 1 saturated heterocycles. The molecule has 1 unspecified atom stereocenters. The molecule has 1 aliphatic rings. The Hall–Kier alpha value is -5.26. The lowest BCUT2D eigenvalue weighted by Gasteiger charge is -2.37. The van der Waals surface area contributed by atoms with E-state index in [1.54, 1.807) is 41.4 Å². The van der Waals surface area contributed by atoms with E-state index in [1.165, 1.54) is 16.6 Å². The van der Waals surface area contributed by atoms with Crippen molar-refractivity contribution in [3.63, 3.8) is 0 Å². The lowest BCUT2D eigenvalue weighted by Crippen LogP contribution is -2.51. The van der Waals surface area contributed by atoms with Crippen molar-refractivity contribution in [3.8, 4) is 11.6 Å². The molecule has 0 aliphatic carbocycles. The van der Waals surface area contributed by atoms with Crippen LogP contribution in [0.5, 0.6) is 0 Å². The van der Waals surface area contributed by atoms with E-state index in [0.29, 0.717) is 54.4 Å². The zero-order valence-corrected chi connectivity index (χ0v) is 21.3. The molecule has 2 aromatic carbocycles. The number of hydrogen-bond donors (Lipinski definition) is 1. The minimum Gasteiger partial charge on any atom is -0.461 e. The molecule has 12 heteroatoms. The first-order chi connectivity index (χ1) is 19.6. The van der Waals surface area contributed by atoms with Crippen molar-refractivity contribution in [3.05, 3.63) is 90.6 Å². The van der Waals surface area contributed by atoms with Crippen LogP contribution in [0, 0.1) is 5.82 Å².